The topological polar surface area (TPSA) is 21.9 Å². The van der Waals surface area contributed by atoms with Gasteiger partial charge in [0.1, 0.15) is 0 Å². The van der Waals surface area contributed by atoms with Gasteiger partial charge in [0, 0.05) is 60.8 Å². The smallest absolute Gasteiger partial charge is 0.198 e. The minimum atomic E-state index is 0.842. The summed E-state index contributed by atoms with van der Waals surface area (Å²) >= 11 is 0. The number of anilines is 2. The van der Waals surface area contributed by atoms with E-state index >= 15 is 0 Å². The molecule has 4 heteroatoms. The molecule has 0 saturated carbocycles. The molecule has 10 aromatic rings. The van der Waals surface area contributed by atoms with Crippen LogP contribution >= 0.6 is 0 Å². The van der Waals surface area contributed by atoms with E-state index in [1.807, 2.05) is 0 Å². The molecule has 0 spiro atoms. The number of aromatic nitrogens is 2. The van der Waals surface area contributed by atoms with E-state index in [9.17, 15) is 0 Å². The number of nitrogens with one attached hydrogen (secondary N) is 1. The Balaban J connectivity index is 1.35. The van der Waals surface area contributed by atoms with Gasteiger partial charge in [0.15, 0.2) is 7.28 Å². The van der Waals surface area contributed by atoms with Crippen molar-refractivity contribution < 1.29 is 0 Å². The Hall–Kier alpha value is -6.52. The first-order valence-corrected chi connectivity index (χ1v) is 17.8. The van der Waals surface area contributed by atoms with Crippen molar-refractivity contribution in [1.29, 1.82) is 0 Å². The Labute approximate surface area is 296 Å². The van der Waals surface area contributed by atoms with Crippen LogP contribution in [0.4, 0.5) is 11.4 Å². The van der Waals surface area contributed by atoms with Gasteiger partial charge in [-0.25, -0.2) is 0 Å². The normalized spacial score (nSPS) is 12.2. The summed E-state index contributed by atoms with van der Waals surface area (Å²) in [5.74, 6) is 0. The van der Waals surface area contributed by atoms with Crippen LogP contribution in [0.15, 0.2) is 164 Å². The van der Waals surface area contributed by atoms with Gasteiger partial charge in [0.25, 0.3) is 0 Å². The average Bonchev–Trinajstić information content (AvgIpc) is 3.70. The van der Waals surface area contributed by atoms with E-state index in [0.29, 0.717) is 0 Å². The number of hydrogen-bond donors (Lipinski definition) is 1. The Bertz CT molecular complexity index is 3040. The molecule has 0 radical (unpaired) electrons. The van der Waals surface area contributed by atoms with Crippen LogP contribution in [0.25, 0.3) is 76.9 Å². The number of benzene rings is 8. The van der Waals surface area contributed by atoms with Gasteiger partial charge < -0.3 is 14.5 Å². The van der Waals surface area contributed by atoms with Gasteiger partial charge in [-0.15, -0.1) is 0 Å². The van der Waals surface area contributed by atoms with Gasteiger partial charge in [0.2, 0.25) is 0 Å². The van der Waals surface area contributed by atoms with Crippen LogP contribution in [-0.4, -0.2) is 16.4 Å². The highest BCUT2D eigenvalue weighted by Crippen LogP contribution is 2.45. The van der Waals surface area contributed by atoms with Crippen molar-refractivity contribution >= 4 is 84.0 Å². The van der Waals surface area contributed by atoms with E-state index in [2.05, 4.69) is 185 Å². The van der Waals surface area contributed by atoms with Crippen LogP contribution in [0.2, 0.25) is 0 Å². The summed E-state index contributed by atoms with van der Waals surface area (Å²) in [6, 6.07) is 60.0. The molecule has 0 amide bonds. The zero-order valence-electron chi connectivity index (χ0n) is 28.2. The van der Waals surface area contributed by atoms with Crippen molar-refractivity contribution in [2.45, 2.75) is 6.92 Å². The summed E-state index contributed by atoms with van der Waals surface area (Å²) in [5.41, 5.74) is 16.0. The number of fused-ring (bicyclic) bond motifs is 10. The molecule has 3 heterocycles. The van der Waals surface area contributed by atoms with E-state index in [-0.39, 0.29) is 0 Å². The maximum Gasteiger partial charge on any atom is 0.198 e. The first-order chi connectivity index (χ1) is 25.2. The van der Waals surface area contributed by atoms with Gasteiger partial charge in [-0.05, 0) is 71.4 Å². The quantitative estimate of drug-likeness (QED) is 0.188. The molecular weight excluding hydrogens is 617 g/mol. The minimum Gasteiger partial charge on any atom is -0.355 e. The summed E-state index contributed by atoms with van der Waals surface area (Å²) < 4.78 is 5.04. The first kappa shape index (κ1) is 28.3. The fraction of sp³-hybridized carbons (Fsp3) is 0.0213. The highest BCUT2D eigenvalue weighted by atomic mass is 15.0. The van der Waals surface area contributed by atoms with Crippen LogP contribution in [0.5, 0.6) is 0 Å². The fourth-order valence-electron chi connectivity index (χ4n) is 8.82. The molecule has 0 fully saturated rings. The van der Waals surface area contributed by atoms with Gasteiger partial charge in [0.05, 0.1) is 16.6 Å². The Morgan fingerprint density at radius 1 is 0.490 bits per heavy atom. The second-order valence-corrected chi connectivity index (χ2v) is 13.8. The van der Waals surface area contributed by atoms with Crippen LogP contribution in [0.3, 0.4) is 0 Å². The van der Waals surface area contributed by atoms with Gasteiger partial charge in [-0.3, -0.25) is 0 Å². The monoisotopic (exact) mass is 649 g/mol. The lowest BCUT2D eigenvalue weighted by Crippen LogP contribution is -2.37. The molecule has 2 aromatic heterocycles. The SMILES string of the molecule is Cc1ccccc1Nc1ccc2c3ccccc3n(-c3ccccc3)c2c1-c1cc2ccccc2c2c1Bc1cccc3c4ccccc4n-2c13. The zero-order valence-corrected chi connectivity index (χ0v) is 28.2. The number of aryl methyl sites for hydroxylation is 1. The lowest BCUT2D eigenvalue weighted by molar-refractivity contribution is 1.18. The van der Waals surface area contributed by atoms with Gasteiger partial charge in [-0.1, -0.05) is 127 Å². The lowest BCUT2D eigenvalue weighted by Gasteiger charge is -2.27. The van der Waals surface area contributed by atoms with E-state index in [1.165, 1.54) is 87.7 Å². The lowest BCUT2D eigenvalue weighted by atomic mass is 9.58. The van der Waals surface area contributed by atoms with Crippen LogP contribution in [0, 0.1) is 6.92 Å². The molecular formula is C47H32BN3. The third kappa shape index (κ3) is 4.02. The minimum absolute atomic E-state index is 0.842. The Kier molecular flexibility index (Phi) is 5.97. The van der Waals surface area contributed by atoms with E-state index in [4.69, 9.17) is 0 Å². The van der Waals surface area contributed by atoms with E-state index in [0.717, 1.165) is 24.3 Å². The van der Waals surface area contributed by atoms with Crippen molar-refractivity contribution in [3.8, 4) is 22.5 Å². The number of para-hydroxylation sites is 5. The molecule has 8 aromatic carbocycles. The summed E-state index contributed by atoms with van der Waals surface area (Å²) in [5, 5.41) is 11.6. The molecule has 11 rings (SSSR count). The number of hydrogen-bond acceptors (Lipinski definition) is 1. The molecule has 238 valence electrons. The van der Waals surface area contributed by atoms with Crippen LogP contribution in [0.1, 0.15) is 5.56 Å². The Morgan fingerprint density at radius 3 is 1.94 bits per heavy atom. The second kappa shape index (κ2) is 10.7. The summed E-state index contributed by atoms with van der Waals surface area (Å²) in [4.78, 5) is 0. The summed E-state index contributed by atoms with van der Waals surface area (Å²) in [6.45, 7) is 2.18. The maximum atomic E-state index is 3.95. The maximum absolute atomic E-state index is 3.95. The second-order valence-electron chi connectivity index (χ2n) is 13.8. The fourth-order valence-corrected chi connectivity index (χ4v) is 8.82. The molecule has 1 N–H and O–H groups in total. The van der Waals surface area contributed by atoms with E-state index < -0.39 is 0 Å². The van der Waals surface area contributed by atoms with Crippen LogP contribution < -0.4 is 16.2 Å². The van der Waals surface area contributed by atoms with Crippen molar-refractivity contribution in [3.63, 3.8) is 0 Å². The number of nitrogens with zero attached hydrogens (tertiary/aromatic N) is 2. The molecule has 3 nitrogen and oxygen atoms in total. The van der Waals surface area contributed by atoms with Crippen molar-refractivity contribution in [3.05, 3.63) is 169 Å². The molecule has 0 bridgehead atoms. The summed E-state index contributed by atoms with van der Waals surface area (Å²) in [6.07, 6.45) is 0. The third-order valence-electron chi connectivity index (χ3n) is 11.0. The van der Waals surface area contributed by atoms with Crippen molar-refractivity contribution in [2.75, 3.05) is 5.32 Å². The molecule has 0 unspecified atom stereocenters. The predicted octanol–water partition coefficient (Wildman–Crippen LogP) is 10.5. The third-order valence-corrected chi connectivity index (χ3v) is 11.0. The molecule has 1 aliphatic rings. The van der Waals surface area contributed by atoms with Crippen molar-refractivity contribution in [1.82, 2.24) is 9.13 Å². The van der Waals surface area contributed by atoms with E-state index in [1.54, 1.807) is 0 Å². The van der Waals surface area contributed by atoms with Crippen LogP contribution in [-0.2, 0) is 0 Å². The molecule has 51 heavy (non-hydrogen) atoms. The van der Waals surface area contributed by atoms with Gasteiger partial charge >= 0.3 is 0 Å². The first-order valence-electron chi connectivity index (χ1n) is 17.8. The highest BCUT2D eigenvalue weighted by molar-refractivity contribution is 6.74. The molecule has 0 saturated heterocycles. The predicted molar refractivity (Wildman–Crippen MR) is 219 cm³/mol. The largest absolute Gasteiger partial charge is 0.355 e. The molecule has 1 aliphatic heterocycles. The molecule has 0 aliphatic carbocycles. The summed E-state index contributed by atoms with van der Waals surface area (Å²) in [7, 11) is 0.842. The standard InChI is InChI=1S/C47H32BN3/c1-29-14-5-10-23-39(29)49-40-27-26-36-34-20-8-11-24-41(34)50(31-16-3-2-4-17-31)46(36)43(40)37-28-30-15-6-7-18-32(30)47-44(37)48-38-22-13-21-35-33-19-9-12-25-42(33)51(47)45(35)38/h2-28,48-49H,1H3. The zero-order chi connectivity index (χ0) is 33.6. The van der Waals surface area contributed by atoms with Gasteiger partial charge in [-0.2, -0.15) is 0 Å². The molecule has 0 atom stereocenters. The number of rotatable bonds is 4. The average molecular weight is 650 g/mol. The Morgan fingerprint density at radius 2 is 1.14 bits per heavy atom. The highest BCUT2D eigenvalue weighted by Gasteiger charge is 2.29. The van der Waals surface area contributed by atoms with Crippen molar-refractivity contribution in [2.24, 2.45) is 0 Å².